The molecule has 0 aromatic heterocycles. The number of rotatable bonds is 6. The van der Waals surface area contributed by atoms with Crippen molar-refractivity contribution in [1.29, 1.82) is 0 Å². The average Bonchev–Trinajstić information content (AvgIpc) is 2.61. The highest BCUT2D eigenvalue weighted by atomic mass is 19.1. The fraction of sp³-hybridized carbons (Fsp3) is 0.579. The van der Waals surface area contributed by atoms with E-state index in [-0.39, 0.29) is 11.7 Å². The lowest BCUT2D eigenvalue weighted by atomic mass is 9.95. The van der Waals surface area contributed by atoms with Crippen molar-refractivity contribution in [3.05, 3.63) is 35.6 Å². The third-order valence-corrected chi connectivity index (χ3v) is 4.51. The number of benzene rings is 1. The van der Waals surface area contributed by atoms with Gasteiger partial charge in [-0.05, 0) is 30.5 Å². The molecule has 138 valence electrons. The first-order chi connectivity index (χ1) is 12.1. The van der Waals surface area contributed by atoms with E-state index < -0.39 is 0 Å². The Hall–Kier alpha value is -2.11. The van der Waals surface area contributed by atoms with Crippen LogP contribution in [0, 0.1) is 5.82 Å². The van der Waals surface area contributed by atoms with Gasteiger partial charge in [0.2, 0.25) is 5.91 Å². The van der Waals surface area contributed by atoms with Crippen LogP contribution in [0.25, 0.3) is 0 Å². The number of carbonyl (C=O) groups is 1. The first-order valence-corrected chi connectivity index (χ1v) is 9.04. The number of nitrogens with zero attached hydrogens (tertiary/aromatic N) is 2. The zero-order chi connectivity index (χ0) is 18.1. The molecule has 25 heavy (non-hydrogen) atoms. The Morgan fingerprint density at radius 3 is 2.56 bits per heavy atom. The smallest absolute Gasteiger partial charge is 0.221 e. The van der Waals surface area contributed by atoms with E-state index in [4.69, 9.17) is 0 Å². The van der Waals surface area contributed by atoms with Crippen LogP contribution in [0.3, 0.4) is 0 Å². The van der Waals surface area contributed by atoms with Gasteiger partial charge in [0.1, 0.15) is 5.82 Å². The molecule has 1 aliphatic carbocycles. The van der Waals surface area contributed by atoms with Crippen molar-refractivity contribution in [1.82, 2.24) is 15.5 Å². The fourth-order valence-corrected chi connectivity index (χ4v) is 3.16. The highest BCUT2D eigenvalue weighted by molar-refractivity contribution is 5.81. The van der Waals surface area contributed by atoms with Crippen LogP contribution in [0.1, 0.15) is 44.1 Å². The van der Waals surface area contributed by atoms with Gasteiger partial charge >= 0.3 is 0 Å². The molecule has 0 atom stereocenters. The number of halogens is 1. The number of carbonyl (C=O) groups excluding carboxylic acids is 1. The van der Waals surface area contributed by atoms with Crippen molar-refractivity contribution >= 4 is 11.9 Å². The van der Waals surface area contributed by atoms with Gasteiger partial charge in [0, 0.05) is 39.6 Å². The molecular formula is C19H29FN4O. The quantitative estimate of drug-likeness (QED) is 0.614. The molecule has 6 heteroatoms. The third-order valence-electron chi connectivity index (χ3n) is 4.51. The van der Waals surface area contributed by atoms with E-state index in [1.807, 2.05) is 11.9 Å². The van der Waals surface area contributed by atoms with Gasteiger partial charge < -0.3 is 15.5 Å². The highest BCUT2D eigenvalue weighted by Crippen LogP contribution is 2.17. The molecule has 1 fully saturated rings. The highest BCUT2D eigenvalue weighted by Gasteiger charge is 2.15. The second-order valence-corrected chi connectivity index (χ2v) is 6.61. The second-order valence-electron chi connectivity index (χ2n) is 6.61. The minimum atomic E-state index is -0.238. The molecule has 0 radical (unpaired) electrons. The van der Waals surface area contributed by atoms with Gasteiger partial charge in [-0.15, -0.1) is 0 Å². The van der Waals surface area contributed by atoms with Gasteiger partial charge in [-0.1, -0.05) is 31.4 Å². The van der Waals surface area contributed by atoms with Crippen molar-refractivity contribution in [2.45, 2.75) is 51.1 Å². The summed E-state index contributed by atoms with van der Waals surface area (Å²) < 4.78 is 13.0. The van der Waals surface area contributed by atoms with E-state index >= 15 is 0 Å². The minimum Gasteiger partial charge on any atom is -0.356 e. The van der Waals surface area contributed by atoms with Crippen LogP contribution in [0.5, 0.6) is 0 Å². The van der Waals surface area contributed by atoms with Crippen molar-refractivity contribution in [3.63, 3.8) is 0 Å². The Kier molecular flexibility index (Phi) is 7.70. The predicted octanol–water partition coefficient (Wildman–Crippen LogP) is 2.67. The van der Waals surface area contributed by atoms with Gasteiger partial charge in [0.05, 0.1) is 0 Å². The van der Waals surface area contributed by atoms with E-state index in [0.29, 0.717) is 25.6 Å². The molecule has 5 nitrogen and oxygen atoms in total. The lowest BCUT2D eigenvalue weighted by Gasteiger charge is -2.24. The molecule has 0 spiro atoms. The topological polar surface area (TPSA) is 56.7 Å². The van der Waals surface area contributed by atoms with Crippen molar-refractivity contribution in [2.75, 3.05) is 20.6 Å². The first-order valence-electron chi connectivity index (χ1n) is 9.04. The van der Waals surface area contributed by atoms with Crippen LogP contribution in [0.15, 0.2) is 29.3 Å². The molecule has 2 N–H and O–H groups in total. The summed E-state index contributed by atoms with van der Waals surface area (Å²) in [5.74, 6) is 0.573. The van der Waals surface area contributed by atoms with Gasteiger partial charge in [-0.3, -0.25) is 9.79 Å². The summed E-state index contributed by atoms with van der Waals surface area (Å²) in [6.45, 7) is 1.16. The first kappa shape index (κ1) is 19.2. The third kappa shape index (κ3) is 6.72. The molecule has 0 heterocycles. The van der Waals surface area contributed by atoms with E-state index in [0.717, 1.165) is 24.4 Å². The monoisotopic (exact) mass is 348 g/mol. The molecular weight excluding hydrogens is 319 g/mol. The Balaban J connectivity index is 1.71. The number of hydrogen-bond acceptors (Lipinski definition) is 2. The molecule has 0 saturated heterocycles. The van der Waals surface area contributed by atoms with Crippen LogP contribution >= 0.6 is 0 Å². The summed E-state index contributed by atoms with van der Waals surface area (Å²) in [5.41, 5.74) is 1.00. The summed E-state index contributed by atoms with van der Waals surface area (Å²) in [7, 11) is 3.63. The van der Waals surface area contributed by atoms with E-state index in [2.05, 4.69) is 15.6 Å². The molecule has 0 unspecified atom stereocenters. The number of aliphatic imine (C=N–C) groups is 1. The lowest BCUT2D eigenvalue weighted by Crippen LogP contribution is -2.41. The van der Waals surface area contributed by atoms with Gasteiger partial charge in [-0.2, -0.15) is 0 Å². The Labute approximate surface area is 149 Å². The predicted molar refractivity (Wildman–Crippen MR) is 98.9 cm³/mol. The Morgan fingerprint density at radius 1 is 1.24 bits per heavy atom. The Bertz CT molecular complexity index is 567. The number of guanidine groups is 1. The minimum absolute atomic E-state index is 0.0936. The normalized spacial score (nSPS) is 15.7. The summed E-state index contributed by atoms with van der Waals surface area (Å²) in [6.07, 6.45) is 6.33. The maximum absolute atomic E-state index is 13.0. The molecule has 1 aromatic rings. The van der Waals surface area contributed by atoms with Crippen molar-refractivity contribution < 1.29 is 9.18 Å². The van der Waals surface area contributed by atoms with Crippen molar-refractivity contribution in [2.24, 2.45) is 4.99 Å². The van der Waals surface area contributed by atoms with Crippen LogP contribution in [-0.2, 0) is 11.3 Å². The molecule has 1 amide bonds. The summed E-state index contributed by atoms with van der Waals surface area (Å²) >= 11 is 0. The SMILES string of the molecule is CN=C(NCCC(=O)NC1CCCCC1)N(C)Cc1ccc(F)cc1. The summed E-state index contributed by atoms with van der Waals surface area (Å²) in [6, 6.07) is 6.78. The van der Waals surface area contributed by atoms with Crippen LogP contribution in [0.2, 0.25) is 0 Å². The van der Waals surface area contributed by atoms with E-state index in [1.165, 1.54) is 31.4 Å². The van der Waals surface area contributed by atoms with Crippen LogP contribution < -0.4 is 10.6 Å². The van der Waals surface area contributed by atoms with Gasteiger partial charge in [0.25, 0.3) is 0 Å². The van der Waals surface area contributed by atoms with Gasteiger partial charge in [-0.25, -0.2) is 4.39 Å². The van der Waals surface area contributed by atoms with Crippen LogP contribution in [-0.4, -0.2) is 43.4 Å². The Morgan fingerprint density at radius 2 is 1.92 bits per heavy atom. The average molecular weight is 348 g/mol. The van der Waals surface area contributed by atoms with Crippen molar-refractivity contribution in [3.8, 4) is 0 Å². The lowest BCUT2D eigenvalue weighted by molar-refractivity contribution is -0.121. The maximum atomic E-state index is 13.0. The molecule has 0 bridgehead atoms. The zero-order valence-electron chi connectivity index (χ0n) is 15.2. The number of amides is 1. The molecule has 1 aliphatic rings. The molecule has 1 aromatic carbocycles. The van der Waals surface area contributed by atoms with E-state index in [9.17, 15) is 9.18 Å². The molecule has 1 saturated carbocycles. The standard InChI is InChI=1S/C19H29FN4O/c1-21-19(24(2)14-15-8-10-16(20)11-9-15)22-13-12-18(25)23-17-6-4-3-5-7-17/h8-11,17H,3-7,12-14H2,1-2H3,(H,21,22)(H,23,25). The second kappa shape index (κ2) is 10.0. The maximum Gasteiger partial charge on any atom is 0.221 e. The molecule has 0 aliphatic heterocycles. The number of nitrogens with one attached hydrogen (secondary N) is 2. The van der Waals surface area contributed by atoms with Gasteiger partial charge in [0.15, 0.2) is 5.96 Å². The zero-order valence-corrected chi connectivity index (χ0v) is 15.2. The summed E-state index contributed by atoms with van der Waals surface area (Å²) in [4.78, 5) is 18.2. The van der Waals surface area contributed by atoms with Crippen LogP contribution in [0.4, 0.5) is 4.39 Å². The summed E-state index contributed by atoms with van der Waals surface area (Å²) in [5, 5.41) is 6.33. The largest absolute Gasteiger partial charge is 0.356 e. The fourth-order valence-electron chi connectivity index (χ4n) is 3.16. The number of hydrogen-bond donors (Lipinski definition) is 2. The molecule has 2 rings (SSSR count). The van der Waals surface area contributed by atoms with E-state index in [1.54, 1.807) is 19.2 Å².